The highest BCUT2D eigenvalue weighted by atomic mass is 35.5. The summed E-state index contributed by atoms with van der Waals surface area (Å²) in [6.07, 6.45) is 0.789. The van der Waals surface area contributed by atoms with Crippen molar-refractivity contribution >= 4 is 46.8 Å². The van der Waals surface area contributed by atoms with E-state index < -0.39 is 5.25 Å². The number of para-hydroxylation sites is 1. The normalized spacial score (nSPS) is 18.4. The van der Waals surface area contributed by atoms with Crippen molar-refractivity contribution in [2.45, 2.75) is 23.0 Å². The molecule has 2 aromatic rings. The van der Waals surface area contributed by atoms with Gasteiger partial charge in [0.05, 0.1) is 23.6 Å². The summed E-state index contributed by atoms with van der Waals surface area (Å²) < 4.78 is 5.31. The number of methoxy groups -OCH3 is 1. The Morgan fingerprint density at radius 3 is 2.69 bits per heavy atom. The standard InChI is InChI=1S/C23H24ClN3O4S/c1-31-18-6-3-2-5-16(18)23(30)27-10-4-9-26(11-12-27)21(28)14-20-22(29)25-17-13-15(24)7-8-19(17)32-20/h2-3,5-8,13,20H,4,9-12,14H2,1H3,(H,25,29). The van der Waals surface area contributed by atoms with Gasteiger partial charge in [-0.3, -0.25) is 14.4 Å². The van der Waals surface area contributed by atoms with Crippen molar-refractivity contribution in [3.05, 3.63) is 53.1 Å². The Bertz CT molecular complexity index is 1050. The van der Waals surface area contributed by atoms with E-state index in [-0.39, 0.29) is 24.1 Å². The monoisotopic (exact) mass is 473 g/mol. The Labute approximate surface area is 196 Å². The van der Waals surface area contributed by atoms with Crippen molar-refractivity contribution < 1.29 is 19.1 Å². The van der Waals surface area contributed by atoms with Crippen LogP contribution in [0.4, 0.5) is 5.69 Å². The van der Waals surface area contributed by atoms with Gasteiger partial charge in [-0.05, 0) is 36.8 Å². The molecule has 32 heavy (non-hydrogen) atoms. The number of anilines is 1. The molecule has 1 unspecified atom stereocenters. The number of amides is 3. The van der Waals surface area contributed by atoms with E-state index in [1.807, 2.05) is 18.2 Å². The second-order valence-electron chi connectivity index (χ2n) is 7.67. The maximum absolute atomic E-state index is 13.0. The number of hydrogen-bond donors (Lipinski definition) is 1. The van der Waals surface area contributed by atoms with Gasteiger partial charge in [0.15, 0.2) is 0 Å². The highest BCUT2D eigenvalue weighted by Crippen LogP contribution is 2.38. The van der Waals surface area contributed by atoms with Gasteiger partial charge in [0.25, 0.3) is 5.91 Å². The lowest BCUT2D eigenvalue weighted by atomic mass is 10.1. The Hall–Kier alpha value is -2.71. The van der Waals surface area contributed by atoms with Crippen molar-refractivity contribution in [3.8, 4) is 5.75 Å². The lowest BCUT2D eigenvalue weighted by molar-refractivity contribution is -0.132. The zero-order valence-electron chi connectivity index (χ0n) is 17.7. The van der Waals surface area contributed by atoms with Gasteiger partial charge in [0, 0.05) is 42.5 Å². The van der Waals surface area contributed by atoms with E-state index in [1.54, 1.807) is 41.2 Å². The van der Waals surface area contributed by atoms with Crippen LogP contribution in [-0.2, 0) is 9.59 Å². The summed E-state index contributed by atoms with van der Waals surface area (Å²) in [6.45, 7) is 1.99. The summed E-state index contributed by atoms with van der Waals surface area (Å²) in [5, 5.41) is 2.90. The molecule has 0 radical (unpaired) electrons. The molecular formula is C23H24ClN3O4S. The van der Waals surface area contributed by atoms with Gasteiger partial charge in [-0.1, -0.05) is 23.7 Å². The average molecular weight is 474 g/mol. The topological polar surface area (TPSA) is 79.0 Å². The molecule has 0 bridgehead atoms. The van der Waals surface area contributed by atoms with E-state index in [9.17, 15) is 14.4 Å². The lowest BCUT2D eigenvalue weighted by Gasteiger charge is -2.27. The van der Waals surface area contributed by atoms with Gasteiger partial charge in [-0.2, -0.15) is 0 Å². The highest BCUT2D eigenvalue weighted by Gasteiger charge is 2.32. The number of ether oxygens (including phenoxy) is 1. The van der Waals surface area contributed by atoms with Gasteiger partial charge in [-0.15, -0.1) is 11.8 Å². The number of benzene rings is 2. The minimum absolute atomic E-state index is 0.0818. The first-order valence-corrected chi connectivity index (χ1v) is 11.7. The zero-order chi connectivity index (χ0) is 22.7. The van der Waals surface area contributed by atoms with E-state index in [0.29, 0.717) is 54.6 Å². The molecule has 0 saturated carbocycles. The van der Waals surface area contributed by atoms with E-state index in [1.165, 1.54) is 11.8 Å². The predicted molar refractivity (Wildman–Crippen MR) is 124 cm³/mol. The van der Waals surface area contributed by atoms with Crippen LogP contribution in [-0.4, -0.2) is 66.1 Å². The lowest BCUT2D eigenvalue weighted by Crippen LogP contribution is -2.40. The number of carbonyl (C=O) groups is 3. The van der Waals surface area contributed by atoms with E-state index >= 15 is 0 Å². The van der Waals surface area contributed by atoms with Crippen molar-refractivity contribution in [2.75, 3.05) is 38.6 Å². The van der Waals surface area contributed by atoms with Gasteiger partial charge in [0.2, 0.25) is 11.8 Å². The van der Waals surface area contributed by atoms with Gasteiger partial charge >= 0.3 is 0 Å². The molecule has 0 aromatic heterocycles. The van der Waals surface area contributed by atoms with Crippen LogP contribution in [0.2, 0.25) is 5.02 Å². The molecule has 9 heteroatoms. The first-order valence-electron chi connectivity index (χ1n) is 10.4. The van der Waals surface area contributed by atoms with E-state index in [0.717, 1.165) is 4.90 Å². The average Bonchev–Trinajstić information content (AvgIpc) is 3.05. The van der Waals surface area contributed by atoms with Crippen LogP contribution in [0.5, 0.6) is 5.75 Å². The van der Waals surface area contributed by atoms with Gasteiger partial charge < -0.3 is 19.9 Å². The number of thioether (sulfide) groups is 1. The van der Waals surface area contributed by atoms with E-state index in [2.05, 4.69) is 5.32 Å². The molecule has 168 valence electrons. The molecule has 1 N–H and O–H groups in total. The van der Waals surface area contributed by atoms with Crippen LogP contribution >= 0.6 is 23.4 Å². The summed E-state index contributed by atoms with van der Waals surface area (Å²) >= 11 is 7.38. The summed E-state index contributed by atoms with van der Waals surface area (Å²) in [5.74, 6) is 0.161. The fourth-order valence-electron chi connectivity index (χ4n) is 3.91. The summed E-state index contributed by atoms with van der Waals surface area (Å²) in [7, 11) is 1.54. The first-order chi connectivity index (χ1) is 15.5. The van der Waals surface area contributed by atoms with Crippen LogP contribution in [0.1, 0.15) is 23.2 Å². The van der Waals surface area contributed by atoms with Gasteiger partial charge in [0.1, 0.15) is 5.75 Å². The molecule has 0 spiro atoms. The summed E-state index contributed by atoms with van der Waals surface area (Å²) in [4.78, 5) is 42.9. The number of nitrogens with one attached hydrogen (secondary N) is 1. The number of fused-ring (bicyclic) bond motifs is 1. The number of rotatable bonds is 4. The fraction of sp³-hybridized carbons (Fsp3) is 0.348. The van der Waals surface area contributed by atoms with Crippen molar-refractivity contribution in [3.63, 3.8) is 0 Å². The molecule has 2 aromatic carbocycles. The van der Waals surface area contributed by atoms with Crippen molar-refractivity contribution in [1.29, 1.82) is 0 Å². The van der Waals surface area contributed by atoms with Crippen LogP contribution in [0.25, 0.3) is 0 Å². The second-order valence-corrected chi connectivity index (χ2v) is 9.35. The number of nitrogens with zero attached hydrogens (tertiary/aromatic N) is 2. The second kappa shape index (κ2) is 9.83. The molecule has 2 aliphatic rings. The minimum atomic E-state index is -0.495. The maximum atomic E-state index is 13.0. The zero-order valence-corrected chi connectivity index (χ0v) is 19.2. The number of halogens is 1. The Kier molecular flexibility index (Phi) is 6.91. The predicted octanol–water partition coefficient (Wildman–Crippen LogP) is 3.53. The van der Waals surface area contributed by atoms with Crippen LogP contribution in [0.3, 0.4) is 0 Å². The minimum Gasteiger partial charge on any atom is -0.496 e. The highest BCUT2D eigenvalue weighted by molar-refractivity contribution is 8.01. The molecular weight excluding hydrogens is 450 g/mol. The Morgan fingerprint density at radius 2 is 1.88 bits per heavy atom. The third-order valence-corrected chi connectivity index (χ3v) is 7.10. The SMILES string of the molecule is COc1ccccc1C(=O)N1CCCN(C(=O)CC2Sc3ccc(Cl)cc3NC2=O)CC1. The molecule has 2 heterocycles. The van der Waals surface area contributed by atoms with Gasteiger partial charge in [-0.25, -0.2) is 0 Å². The largest absolute Gasteiger partial charge is 0.496 e. The molecule has 0 aliphatic carbocycles. The molecule has 1 saturated heterocycles. The van der Waals surface area contributed by atoms with E-state index in [4.69, 9.17) is 16.3 Å². The van der Waals surface area contributed by atoms with Crippen molar-refractivity contribution in [2.24, 2.45) is 0 Å². The molecule has 2 aliphatic heterocycles. The quantitative estimate of drug-likeness (QED) is 0.735. The third-order valence-electron chi connectivity index (χ3n) is 5.59. The molecule has 4 rings (SSSR count). The third kappa shape index (κ3) is 4.86. The Balaban J connectivity index is 1.37. The molecule has 1 atom stereocenters. The molecule has 7 nitrogen and oxygen atoms in total. The number of carbonyl (C=O) groups excluding carboxylic acids is 3. The number of hydrogen-bond acceptors (Lipinski definition) is 5. The van der Waals surface area contributed by atoms with Crippen LogP contribution in [0.15, 0.2) is 47.4 Å². The Morgan fingerprint density at radius 1 is 1.12 bits per heavy atom. The fourth-order valence-corrected chi connectivity index (χ4v) is 5.16. The van der Waals surface area contributed by atoms with Crippen LogP contribution in [0, 0.1) is 0 Å². The summed E-state index contributed by atoms with van der Waals surface area (Å²) in [6, 6.07) is 12.5. The molecule has 1 fully saturated rings. The molecule has 3 amide bonds. The van der Waals surface area contributed by atoms with Crippen LogP contribution < -0.4 is 10.1 Å². The summed E-state index contributed by atoms with van der Waals surface area (Å²) in [5.41, 5.74) is 1.19. The maximum Gasteiger partial charge on any atom is 0.257 e. The smallest absolute Gasteiger partial charge is 0.257 e. The van der Waals surface area contributed by atoms with Crippen molar-refractivity contribution in [1.82, 2.24) is 9.80 Å². The first kappa shape index (κ1) is 22.5.